The van der Waals surface area contributed by atoms with Crippen LogP contribution in [-0.4, -0.2) is 18.0 Å². The standard InChI is InChI=1S/C35H27NO/c1-35(2)22-36-34(37-35)25-14-9-13-24(21-25)32-28-16-5-7-18-30(28)33(31-19-8-6-17-29(31)32)27-20-10-12-23-11-3-4-15-26(23)27/h3-21H,22H2,1-2H3. The molecule has 0 spiro atoms. The van der Waals surface area contributed by atoms with Crippen LogP contribution in [0, 0.1) is 0 Å². The Labute approximate surface area is 216 Å². The predicted octanol–water partition coefficient (Wildman–Crippen LogP) is 9.04. The van der Waals surface area contributed by atoms with Gasteiger partial charge in [-0.15, -0.1) is 0 Å². The van der Waals surface area contributed by atoms with E-state index < -0.39 is 0 Å². The molecule has 1 heterocycles. The highest BCUT2D eigenvalue weighted by molar-refractivity contribution is 6.23. The fraction of sp³-hybridized carbons (Fsp3) is 0.114. The Kier molecular flexibility index (Phi) is 4.90. The lowest BCUT2D eigenvalue weighted by Crippen LogP contribution is -2.24. The molecule has 37 heavy (non-hydrogen) atoms. The number of benzene rings is 6. The van der Waals surface area contributed by atoms with Crippen LogP contribution in [-0.2, 0) is 4.74 Å². The van der Waals surface area contributed by atoms with E-state index in [2.05, 4.69) is 129 Å². The van der Waals surface area contributed by atoms with E-state index in [4.69, 9.17) is 9.73 Å². The first-order valence-corrected chi connectivity index (χ1v) is 12.8. The molecule has 0 fully saturated rings. The van der Waals surface area contributed by atoms with Crippen molar-refractivity contribution in [3.63, 3.8) is 0 Å². The van der Waals surface area contributed by atoms with E-state index in [1.165, 1.54) is 54.6 Å². The number of aliphatic imine (C=N–C) groups is 1. The maximum absolute atomic E-state index is 6.17. The summed E-state index contributed by atoms with van der Waals surface area (Å²) in [5.74, 6) is 0.729. The molecule has 178 valence electrons. The van der Waals surface area contributed by atoms with Gasteiger partial charge >= 0.3 is 0 Å². The van der Waals surface area contributed by atoms with Crippen LogP contribution in [0.4, 0.5) is 0 Å². The fourth-order valence-electron chi connectivity index (χ4n) is 5.72. The van der Waals surface area contributed by atoms with Gasteiger partial charge in [-0.3, -0.25) is 0 Å². The van der Waals surface area contributed by atoms with Crippen LogP contribution < -0.4 is 0 Å². The van der Waals surface area contributed by atoms with Crippen LogP contribution in [0.2, 0.25) is 0 Å². The smallest absolute Gasteiger partial charge is 0.216 e. The lowest BCUT2D eigenvalue weighted by atomic mass is 9.84. The highest BCUT2D eigenvalue weighted by Gasteiger charge is 2.28. The minimum Gasteiger partial charge on any atom is -0.469 e. The molecular weight excluding hydrogens is 450 g/mol. The van der Waals surface area contributed by atoms with Gasteiger partial charge in [0.05, 0.1) is 6.54 Å². The molecule has 7 rings (SSSR count). The Morgan fingerprint density at radius 3 is 1.76 bits per heavy atom. The second-order valence-electron chi connectivity index (χ2n) is 10.4. The number of hydrogen-bond acceptors (Lipinski definition) is 2. The summed E-state index contributed by atoms with van der Waals surface area (Å²) in [4.78, 5) is 4.70. The molecular formula is C35H27NO. The summed E-state index contributed by atoms with van der Waals surface area (Å²) < 4.78 is 6.17. The van der Waals surface area contributed by atoms with Crippen molar-refractivity contribution in [2.24, 2.45) is 4.99 Å². The molecule has 0 radical (unpaired) electrons. The van der Waals surface area contributed by atoms with Crippen LogP contribution in [0.3, 0.4) is 0 Å². The van der Waals surface area contributed by atoms with Crippen molar-refractivity contribution in [3.8, 4) is 22.3 Å². The summed E-state index contributed by atoms with van der Waals surface area (Å²) in [6.45, 7) is 4.85. The lowest BCUT2D eigenvalue weighted by Gasteiger charge is -2.19. The van der Waals surface area contributed by atoms with Gasteiger partial charge in [0.15, 0.2) is 0 Å². The third-order valence-corrected chi connectivity index (χ3v) is 7.37. The van der Waals surface area contributed by atoms with E-state index in [1.54, 1.807) is 0 Å². The van der Waals surface area contributed by atoms with E-state index in [9.17, 15) is 0 Å². The molecule has 0 atom stereocenters. The van der Waals surface area contributed by atoms with E-state index in [0.717, 1.165) is 11.5 Å². The van der Waals surface area contributed by atoms with Gasteiger partial charge in [-0.05, 0) is 80.6 Å². The molecule has 0 saturated heterocycles. The third-order valence-electron chi connectivity index (χ3n) is 7.37. The van der Waals surface area contributed by atoms with Gasteiger partial charge in [-0.1, -0.05) is 103 Å². The van der Waals surface area contributed by atoms with Gasteiger partial charge in [0.25, 0.3) is 0 Å². The molecule has 0 amide bonds. The molecule has 6 aromatic rings. The molecule has 1 aliphatic heterocycles. The average Bonchev–Trinajstić information content (AvgIpc) is 3.31. The quantitative estimate of drug-likeness (QED) is 0.233. The fourth-order valence-corrected chi connectivity index (χ4v) is 5.72. The van der Waals surface area contributed by atoms with E-state index >= 15 is 0 Å². The zero-order valence-corrected chi connectivity index (χ0v) is 21.0. The predicted molar refractivity (Wildman–Crippen MR) is 156 cm³/mol. The largest absolute Gasteiger partial charge is 0.469 e. The van der Waals surface area contributed by atoms with Crippen LogP contribution in [0.15, 0.2) is 120 Å². The van der Waals surface area contributed by atoms with Crippen LogP contribution in [0.1, 0.15) is 19.4 Å². The molecule has 2 nitrogen and oxygen atoms in total. The molecule has 0 aliphatic carbocycles. The summed E-state index contributed by atoms with van der Waals surface area (Å²) >= 11 is 0. The molecule has 0 unspecified atom stereocenters. The molecule has 6 aromatic carbocycles. The van der Waals surface area contributed by atoms with Crippen molar-refractivity contribution < 1.29 is 4.74 Å². The zero-order chi connectivity index (χ0) is 25.0. The third kappa shape index (κ3) is 3.60. The minimum atomic E-state index is -0.259. The Morgan fingerprint density at radius 2 is 1.11 bits per heavy atom. The van der Waals surface area contributed by atoms with E-state index in [0.29, 0.717) is 6.54 Å². The summed E-state index contributed by atoms with van der Waals surface area (Å²) in [5, 5.41) is 7.54. The summed E-state index contributed by atoms with van der Waals surface area (Å²) in [6.07, 6.45) is 0. The molecule has 1 aliphatic rings. The van der Waals surface area contributed by atoms with Gasteiger partial charge in [0, 0.05) is 5.56 Å². The van der Waals surface area contributed by atoms with Crippen LogP contribution >= 0.6 is 0 Å². The number of rotatable bonds is 3. The van der Waals surface area contributed by atoms with Crippen LogP contribution in [0.25, 0.3) is 54.6 Å². The first kappa shape index (κ1) is 21.8. The van der Waals surface area contributed by atoms with Crippen molar-refractivity contribution in [3.05, 3.63) is 121 Å². The zero-order valence-electron chi connectivity index (χ0n) is 21.0. The van der Waals surface area contributed by atoms with Gasteiger partial charge in [0.2, 0.25) is 5.90 Å². The van der Waals surface area contributed by atoms with Crippen molar-refractivity contribution in [2.45, 2.75) is 19.4 Å². The Bertz CT molecular complexity index is 1800. The first-order chi connectivity index (χ1) is 18.1. The molecule has 0 saturated carbocycles. The average molecular weight is 478 g/mol. The van der Waals surface area contributed by atoms with Gasteiger partial charge in [-0.2, -0.15) is 0 Å². The topological polar surface area (TPSA) is 21.6 Å². The molecule has 0 aromatic heterocycles. The van der Waals surface area contributed by atoms with E-state index in [-0.39, 0.29) is 5.60 Å². The maximum Gasteiger partial charge on any atom is 0.216 e. The maximum atomic E-state index is 6.17. The Hall–Kier alpha value is -4.43. The highest BCUT2D eigenvalue weighted by Crippen LogP contribution is 2.45. The number of nitrogens with zero attached hydrogens (tertiary/aromatic N) is 1. The Balaban J connectivity index is 1.54. The minimum absolute atomic E-state index is 0.259. The van der Waals surface area contributed by atoms with Crippen molar-refractivity contribution >= 4 is 38.2 Å². The lowest BCUT2D eigenvalue weighted by molar-refractivity contribution is 0.131. The number of fused-ring (bicyclic) bond motifs is 3. The Morgan fingerprint density at radius 1 is 0.568 bits per heavy atom. The van der Waals surface area contributed by atoms with Crippen molar-refractivity contribution in [1.29, 1.82) is 0 Å². The molecule has 2 heteroatoms. The summed E-state index contributed by atoms with van der Waals surface area (Å²) in [6, 6.07) is 41.5. The van der Waals surface area contributed by atoms with Crippen molar-refractivity contribution in [2.75, 3.05) is 6.54 Å². The van der Waals surface area contributed by atoms with Gasteiger partial charge in [0.1, 0.15) is 5.60 Å². The first-order valence-electron chi connectivity index (χ1n) is 12.8. The second-order valence-corrected chi connectivity index (χ2v) is 10.4. The summed E-state index contributed by atoms with van der Waals surface area (Å²) in [5.41, 5.74) is 5.73. The van der Waals surface area contributed by atoms with Crippen LogP contribution in [0.5, 0.6) is 0 Å². The summed E-state index contributed by atoms with van der Waals surface area (Å²) in [7, 11) is 0. The van der Waals surface area contributed by atoms with Crippen molar-refractivity contribution in [1.82, 2.24) is 0 Å². The SMILES string of the molecule is CC1(C)CN=C(c2cccc(-c3c4ccccc4c(-c4cccc5ccccc45)c4ccccc34)c2)O1. The number of hydrogen-bond donors (Lipinski definition) is 0. The van der Waals surface area contributed by atoms with E-state index in [1.807, 2.05) is 0 Å². The van der Waals surface area contributed by atoms with Gasteiger partial charge < -0.3 is 4.74 Å². The van der Waals surface area contributed by atoms with Gasteiger partial charge in [-0.25, -0.2) is 4.99 Å². The highest BCUT2D eigenvalue weighted by atomic mass is 16.5. The number of ether oxygens (including phenoxy) is 1. The second kappa shape index (κ2) is 8.31. The normalized spacial score (nSPS) is 14.7. The monoisotopic (exact) mass is 477 g/mol. The molecule has 0 bridgehead atoms. The molecule has 0 N–H and O–H groups in total.